The first-order valence-electron chi connectivity index (χ1n) is 10.4. The molecule has 3 aromatic rings. The van der Waals surface area contributed by atoms with Crippen LogP contribution in [0, 0.1) is 17.5 Å². The number of aromatic amines is 1. The molecule has 0 bridgehead atoms. The highest BCUT2D eigenvalue weighted by Crippen LogP contribution is 2.36. The van der Waals surface area contributed by atoms with E-state index in [-0.39, 0.29) is 11.8 Å². The first kappa shape index (κ1) is 24.4. The second kappa shape index (κ2) is 10.3. The number of amides is 2. The van der Waals surface area contributed by atoms with Gasteiger partial charge in [-0.05, 0) is 6.07 Å². The molecule has 0 saturated carbocycles. The van der Waals surface area contributed by atoms with Gasteiger partial charge in [-0.2, -0.15) is 9.49 Å². The molecule has 0 spiro atoms. The summed E-state index contributed by atoms with van der Waals surface area (Å²) in [6, 6.07) is 9.18. The van der Waals surface area contributed by atoms with Crippen molar-refractivity contribution < 1.29 is 41.8 Å². The van der Waals surface area contributed by atoms with Gasteiger partial charge in [0.25, 0.3) is 5.91 Å². The average Bonchev–Trinajstić information content (AvgIpc) is 3.37. The van der Waals surface area contributed by atoms with Crippen molar-refractivity contribution in [3.8, 4) is 22.8 Å². The number of Topliss-reactive ketones (excluding diaryl/α,β-unsaturated/α-hetero) is 1. The molecule has 0 fully saturated rings. The number of rotatable bonds is 5. The van der Waals surface area contributed by atoms with E-state index in [2.05, 4.69) is 20.8 Å². The number of ketones is 1. The Bertz CT molecular complexity index is 1350. The van der Waals surface area contributed by atoms with E-state index < -0.39 is 78.1 Å². The molecule has 1 atom stereocenters. The van der Waals surface area contributed by atoms with E-state index in [1.54, 1.807) is 24.3 Å². The molecule has 186 valence electrons. The fourth-order valence-corrected chi connectivity index (χ4v) is 3.29. The van der Waals surface area contributed by atoms with Crippen LogP contribution < -0.4 is 20.1 Å². The minimum absolute atomic E-state index is 0.0752. The summed E-state index contributed by atoms with van der Waals surface area (Å²) in [6.45, 7) is -1.50. The zero-order chi connectivity index (χ0) is 25.8. The van der Waals surface area contributed by atoms with Gasteiger partial charge < -0.3 is 20.1 Å². The van der Waals surface area contributed by atoms with Gasteiger partial charge in [0.05, 0.1) is 18.7 Å². The molecule has 1 aliphatic heterocycles. The second-order valence-corrected chi connectivity index (χ2v) is 7.58. The average molecular weight is 502 g/mol. The molecule has 4 rings (SSSR count). The zero-order valence-electron chi connectivity index (χ0n) is 18.3. The number of nitrogens with one attached hydrogen (secondary N) is 3. The van der Waals surface area contributed by atoms with E-state index in [0.29, 0.717) is 5.69 Å². The highest BCUT2D eigenvalue weighted by Gasteiger charge is 2.31. The zero-order valence-corrected chi connectivity index (χ0v) is 18.3. The highest BCUT2D eigenvalue weighted by molar-refractivity contribution is 5.97. The summed E-state index contributed by atoms with van der Waals surface area (Å²) >= 11 is 0. The third-order valence-corrected chi connectivity index (χ3v) is 5.06. The summed E-state index contributed by atoms with van der Waals surface area (Å²) in [4.78, 5) is 49.2. The summed E-state index contributed by atoms with van der Waals surface area (Å²) in [5.74, 6) is -10.4. The number of benzene rings is 2. The van der Waals surface area contributed by atoms with Crippen molar-refractivity contribution in [2.45, 2.75) is 12.5 Å². The number of carbonyl (C=O) groups excluding carboxylic acids is 4. The van der Waals surface area contributed by atoms with E-state index in [1.165, 1.54) is 6.07 Å². The lowest BCUT2D eigenvalue weighted by Crippen LogP contribution is -2.48. The molecule has 2 heterocycles. The van der Waals surface area contributed by atoms with Crippen molar-refractivity contribution in [2.24, 2.45) is 0 Å². The van der Waals surface area contributed by atoms with Gasteiger partial charge in [0.2, 0.25) is 23.2 Å². The number of halogens is 3. The normalized spacial score (nSPS) is 15.5. The summed E-state index contributed by atoms with van der Waals surface area (Å²) in [5.41, 5.74) is 1.35. The Morgan fingerprint density at radius 3 is 2.56 bits per heavy atom. The number of hydrogen-bond acceptors (Lipinski definition) is 7. The highest BCUT2D eigenvalue weighted by atomic mass is 19.2. The standard InChI is InChI=1S/C23H17F3N4O6/c24-12-6-13(25)21-22(20(12)26)35-10-17(31)15(8-19(33)36-21)28-18(32)9-27-23(34)16-7-14(29-30-16)11-4-2-1-3-5-11/h1-7,15H,8-10H2,(H,27,34)(H,28,32)(H,29,30). The third kappa shape index (κ3) is 5.35. The van der Waals surface area contributed by atoms with Crippen LogP contribution in [0.1, 0.15) is 16.9 Å². The van der Waals surface area contributed by atoms with Crippen LogP contribution in [0.2, 0.25) is 0 Å². The van der Waals surface area contributed by atoms with Crippen molar-refractivity contribution in [1.29, 1.82) is 0 Å². The number of carbonyl (C=O) groups is 4. The molecule has 0 aliphatic carbocycles. The summed E-state index contributed by atoms with van der Waals surface area (Å²) in [5, 5.41) is 11.2. The Morgan fingerprint density at radius 1 is 1.06 bits per heavy atom. The first-order chi connectivity index (χ1) is 17.2. The van der Waals surface area contributed by atoms with Crippen molar-refractivity contribution in [3.05, 3.63) is 65.6 Å². The molecule has 10 nitrogen and oxygen atoms in total. The largest absolute Gasteiger partial charge is 0.479 e. The molecule has 2 amide bonds. The number of nitrogens with zero attached hydrogens (tertiary/aromatic N) is 1. The third-order valence-electron chi connectivity index (χ3n) is 5.06. The number of esters is 1. The van der Waals surface area contributed by atoms with Crippen LogP contribution in [0.25, 0.3) is 11.3 Å². The minimum Gasteiger partial charge on any atom is -0.479 e. The lowest BCUT2D eigenvalue weighted by atomic mass is 10.1. The van der Waals surface area contributed by atoms with Crippen LogP contribution in [0.15, 0.2) is 42.5 Å². The monoisotopic (exact) mass is 502 g/mol. The van der Waals surface area contributed by atoms with Crippen molar-refractivity contribution >= 4 is 23.6 Å². The molecular formula is C23H17F3N4O6. The van der Waals surface area contributed by atoms with E-state index in [1.807, 2.05) is 6.07 Å². The SMILES string of the molecule is O=C(CNC(=O)c1cc(-c2ccccc2)n[nH]1)NC1CC(=O)Oc2c(F)cc(F)c(F)c2OCC1=O. The van der Waals surface area contributed by atoms with Crippen molar-refractivity contribution in [1.82, 2.24) is 20.8 Å². The van der Waals surface area contributed by atoms with E-state index in [0.717, 1.165) is 5.56 Å². The lowest BCUT2D eigenvalue weighted by Gasteiger charge is -2.15. The Balaban J connectivity index is 1.37. The van der Waals surface area contributed by atoms with Crippen LogP contribution in [-0.4, -0.2) is 53.0 Å². The Kier molecular flexibility index (Phi) is 6.99. The van der Waals surface area contributed by atoms with E-state index in [4.69, 9.17) is 9.47 Å². The fourth-order valence-electron chi connectivity index (χ4n) is 3.29. The number of aromatic nitrogens is 2. The van der Waals surface area contributed by atoms with Crippen LogP contribution in [0.4, 0.5) is 13.2 Å². The van der Waals surface area contributed by atoms with Crippen LogP contribution in [0.5, 0.6) is 11.5 Å². The second-order valence-electron chi connectivity index (χ2n) is 7.58. The molecule has 1 unspecified atom stereocenters. The summed E-state index contributed by atoms with van der Waals surface area (Å²) < 4.78 is 51.0. The molecule has 3 N–H and O–H groups in total. The summed E-state index contributed by atoms with van der Waals surface area (Å²) in [7, 11) is 0. The van der Waals surface area contributed by atoms with Crippen molar-refractivity contribution in [3.63, 3.8) is 0 Å². The topological polar surface area (TPSA) is 139 Å². The smallest absolute Gasteiger partial charge is 0.313 e. The van der Waals surface area contributed by atoms with Gasteiger partial charge in [-0.3, -0.25) is 24.3 Å². The first-order valence-corrected chi connectivity index (χ1v) is 10.4. The van der Waals surface area contributed by atoms with E-state index >= 15 is 0 Å². The maximum absolute atomic E-state index is 14.0. The fraction of sp³-hybridized carbons (Fsp3) is 0.174. The molecule has 36 heavy (non-hydrogen) atoms. The van der Waals surface area contributed by atoms with Gasteiger partial charge >= 0.3 is 5.97 Å². The number of fused-ring (bicyclic) bond motifs is 1. The molecule has 0 saturated heterocycles. The molecule has 2 aromatic carbocycles. The van der Waals surface area contributed by atoms with Gasteiger partial charge in [0.15, 0.2) is 17.4 Å². The van der Waals surface area contributed by atoms with Gasteiger partial charge in [0, 0.05) is 11.6 Å². The van der Waals surface area contributed by atoms with Crippen LogP contribution >= 0.6 is 0 Å². The van der Waals surface area contributed by atoms with E-state index in [9.17, 15) is 32.3 Å². The van der Waals surface area contributed by atoms with Gasteiger partial charge in [-0.1, -0.05) is 30.3 Å². The lowest BCUT2D eigenvalue weighted by molar-refractivity contribution is -0.137. The molecule has 1 aromatic heterocycles. The molecule has 13 heteroatoms. The molecule has 1 aliphatic rings. The Labute approximate surface area is 200 Å². The minimum atomic E-state index is -1.65. The molecule has 0 radical (unpaired) electrons. The number of H-pyrrole nitrogens is 1. The number of hydrogen-bond donors (Lipinski definition) is 3. The van der Waals surface area contributed by atoms with Gasteiger partial charge in [0.1, 0.15) is 18.3 Å². The van der Waals surface area contributed by atoms with Crippen LogP contribution in [0.3, 0.4) is 0 Å². The number of ether oxygens (including phenoxy) is 2. The van der Waals surface area contributed by atoms with Gasteiger partial charge in [-0.15, -0.1) is 0 Å². The Morgan fingerprint density at radius 2 is 1.81 bits per heavy atom. The summed E-state index contributed by atoms with van der Waals surface area (Å²) in [6.07, 6.45) is -0.749. The molecular weight excluding hydrogens is 485 g/mol. The Hall–Kier alpha value is -4.68. The van der Waals surface area contributed by atoms with Gasteiger partial charge in [-0.25, -0.2) is 8.78 Å². The quantitative estimate of drug-likeness (QED) is 0.274. The predicted molar refractivity (Wildman–Crippen MR) is 115 cm³/mol. The van der Waals surface area contributed by atoms with Crippen LogP contribution in [-0.2, 0) is 14.4 Å². The van der Waals surface area contributed by atoms with Crippen molar-refractivity contribution in [2.75, 3.05) is 13.2 Å². The predicted octanol–water partition coefficient (Wildman–Crippen LogP) is 1.67. The maximum Gasteiger partial charge on any atom is 0.313 e. The maximum atomic E-state index is 14.0.